The second-order valence-electron chi connectivity index (χ2n) is 6.25. The Bertz CT molecular complexity index is 1210. The third-order valence-corrected chi connectivity index (χ3v) is 6.59. The topological polar surface area (TPSA) is 72.4 Å². The lowest BCUT2D eigenvalue weighted by atomic mass is 10.2. The number of thioether (sulfide) groups is 1. The number of sulfonamides is 1. The number of nitrogens with one attached hydrogen (secondary N) is 1. The Balaban J connectivity index is 1.62. The van der Waals surface area contributed by atoms with Gasteiger partial charge in [0.2, 0.25) is 17.5 Å². The molecule has 4 rings (SSSR count). The van der Waals surface area contributed by atoms with E-state index in [0.29, 0.717) is 17.0 Å². The van der Waals surface area contributed by atoms with Crippen molar-refractivity contribution in [2.24, 2.45) is 0 Å². The highest BCUT2D eigenvalue weighted by atomic mass is 32.2. The normalized spacial score (nSPS) is 11.5. The van der Waals surface area contributed by atoms with Gasteiger partial charge in [-0.1, -0.05) is 48.5 Å². The predicted molar refractivity (Wildman–Crippen MR) is 112 cm³/mol. The molecule has 0 saturated heterocycles. The largest absolute Gasteiger partial charge is 0.443 e. The number of pyridine rings is 1. The zero-order chi connectivity index (χ0) is 20.3. The van der Waals surface area contributed by atoms with Crippen LogP contribution >= 0.6 is 11.8 Å². The zero-order valence-corrected chi connectivity index (χ0v) is 17.2. The average Bonchev–Trinajstić information content (AvgIpc) is 3.19. The van der Waals surface area contributed by atoms with Gasteiger partial charge in [-0.15, -0.1) is 11.8 Å². The highest BCUT2D eigenvalue weighted by Crippen LogP contribution is 2.31. The Kier molecular flexibility index (Phi) is 5.46. The van der Waals surface area contributed by atoms with Crippen LogP contribution in [0.4, 0.5) is 5.69 Å². The molecule has 0 aliphatic heterocycles. The van der Waals surface area contributed by atoms with Crippen LogP contribution in [0.2, 0.25) is 0 Å². The third-order valence-electron chi connectivity index (χ3n) is 4.26. The van der Waals surface area contributed by atoms with Crippen molar-refractivity contribution in [2.45, 2.75) is 15.7 Å². The van der Waals surface area contributed by atoms with Gasteiger partial charge in [0.15, 0.2) is 0 Å². The molecule has 0 amide bonds. The van der Waals surface area contributed by atoms with Crippen LogP contribution in [0, 0.1) is 0 Å². The van der Waals surface area contributed by atoms with Crippen molar-refractivity contribution in [1.29, 1.82) is 0 Å². The fourth-order valence-electron chi connectivity index (χ4n) is 2.79. The summed E-state index contributed by atoms with van der Waals surface area (Å²) >= 11 is 1.51. The lowest BCUT2D eigenvalue weighted by Gasteiger charge is -2.09. The van der Waals surface area contributed by atoms with Crippen LogP contribution in [0.5, 0.6) is 0 Å². The van der Waals surface area contributed by atoms with Gasteiger partial charge in [-0.05, 0) is 11.6 Å². The van der Waals surface area contributed by atoms with Gasteiger partial charge < -0.3 is 4.42 Å². The summed E-state index contributed by atoms with van der Waals surface area (Å²) in [5, 5.41) is 0.609. The van der Waals surface area contributed by atoms with E-state index in [1.54, 1.807) is 37.7 Å². The number of hydrogen-bond acceptors (Lipinski definition) is 5. The molecule has 0 aliphatic rings. The molecule has 29 heavy (non-hydrogen) atoms. The fraction of sp³-hybridized carbons (Fsp3) is 0.0952. The molecule has 4 aromatic rings. The predicted octanol–water partition coefficient (Wildman–Crippen LogP) is 3.87. The summed E-state index contributed by atoms with van der Waals surface area (Å²) in [7, 11) is -2.33. The molecule has 2 aromatic carbocycles. The standard InChI is InChI=1S/C21H18N2O4S2/c1-26-23-12-11-18(20(14-23)28-15-16-7-3-2-4-8-16)22-29(24,25)21-13-17-9-5-6-10-19(17)27-21/h2-14H,15H2,1H3/p+1. The Morgan fingerprint density at radius 2 is 1.83 bits per heavy atom. The number of benzene rings is 2. The molecule has 0 saturated carbocycles. The van der Waals surface area contributed by atoms with Gasteiger partial charge in [0.1, 0.15) is 17.6 Å². The molecule has 0 fully saturated rings. The molecule has 0 spiro atoms. The molecule has 8 heteroatoms. The van der Waals surface area contributed by atoms with Crippen molar-refractivity contribution in [3.63, 3.8) is 0 Å². The molecule has 148 valence electrons. The maximum Gasteiger partial charge on any atom is 0.295 e. The maximum absolute atomic E-state index is 12.9. The van der Waals surface area contributed by atoms with E-state index in [0.717, 1.165) is 15.8 Å². The van der Waals surface area contributed by atoms with E-state index in [-0.39, 0.29) is 5.09 Å². The molecule has 2 heterocycles. The van der Waals surface area contributed by atoms with Gasteiger partial charge in [-0.25, -0.2) is 0 Å². The Hall–Kier alpha value is -2.97. The number of rotatable bonds is 7. The highest BCUT2D eigenvalue weighted by molar-refractivity contribution is 7.98. The SMILES string of the molecule is CO[n+]1ccc(NS(=O)(=O)c2cc3ccccc3o2)c(SCc2ccccc2)c1. The molecule has 6 nitrogen and oxygen atoms in total. The molecular weight excluding hydrogens is 408 g/mol. The van der Waals surface area contributed by atoms with Crippen LogP contribution in [0.15, 0.2) is 93.5 Å². The van der Waals surface area contributed by atoms with Gasteiger partial charge in [0, 0.05) is 28.0 Å². The van der Waals surface area contributed by atoms with Gasteiger partial charge in [0.25, 0.3) is 10.0 Å². The summed E-state index contributed by atoms with van der Waals surface area (Å²) in [5.74, 6) is 0.688. The summed E-state index contributed by atoms with van der Waals surface area (Å²) < 4.78 is 35.5. The highest BCUT2D eigenvalue weighted by Gasteiger charge is 2.22. The number of para-hydroxylation sites is 1. The van der Waals surface area contributed by atoms with Crippen molar-refractivity contribution in [2.75, 3.05) is 11.8 Å². The van der Waals surface area contributed by atoms with Crippen LogP contribution < -0.4 is 14.3 Å². The Morgan fingerprint density at radius 1 is 1.07 bits per heavy atom. The van der Waals surface area contributed by atoms with Crippen LogP contribution in [0.1, 0.15) is 5.56 Å². The lowest BCUT2D eigenvalue weighted by Crippen LogP contribution is -2.39. The minimum absolute atomic E-state index is 0.124. The van der Waals surface area contributed by atoms with E-state index >= 15 is 0 Å². The fourth-order valence-corrected chi connectivity index (χ4v) is 4.87. The number of aromatic nitrogens is 1. The monoisotopic (exact) mass is 427 g/mol. The third kappa shape index (κ3) is 4.38. The van der Waals surface area contributed by atoms with E-state index in [1.807, 2.05) is 42.5 Å². The Labute approximate surface area is 173 Å². The molecule has 0 aliphatic carbocycles. The summed E-state index contributed by atoms with van der Waals surface area (Å²) in [6, 6.07) is 20.3. The molecule has 0 unspecified atom stereocenters. The first-order chi connectivity index (χ1) is 14.0. The van der Waals surface area contributed by atoms with Crippen molar-refractivity contribution >= 4 is 38.4 Å². The van der Waals surface area contributed by atoms with E-state index in [9.17, 15) is 8.42 Å². The van der Waals surface area contributed by atoms with Gasteiger partial charge >= 0.3 is 0 Å². The van der Waals surface area contributed by atoms with Crippen LogP contribution in [0.3, 0.4) is 0 Å². The first kappa shape index (κ1) is 19.4. The van der Waals surface area contributed by atoms with Gasteiger partial charge in [0.05, 0.1) is 5.69 Å². The summed E-state index contributed by atoms with van der Waals surface area (Å²) in [4.78, 5) is 5.96. The number of hydrogen-bond donors (Lipinski definition) is 1. The number of fused-ring (bicyclic) bond motifs is 1. The molecule has 0 radical (unpaired) electrons. The first-order valence-corrected chi connectivity index (χ1v) is 11.3. The summed E-state index contributed by atoms with van der Waals surface area (Å²) in [6.07, 6.45) is 3.38. The second-order valence-corrected chi connectivity index (χ2v) is 8.88. The van der Waals surface area contributed by atoms with E-state index in [4.69, 9.17) is 9.25 Å². The molecule has 2 aromatic heterocycles. The van der Waals surface area contributed by atoms with E-state index in [2.05, 4.69) is 4.72 Å². The van der Waals surface area contributed by atoms with E-state index in [1.165, 1.54) is 22.6 Å². The molecule has 0 bridgehead atoms. The second kappa shape index (κ2) is 8.18. The number of nitrogens with zero attached hydrogens (tertiary/aromatic N) is 1. The molecular formula is C21H19N2O4S2+. The van der Waals surface area contributed by atoms with Gasteiger partial charge in [-0.2, -0.15) is 8.42 Å². The maximum atomic E-state index is 12.9. The number of furan rings is 1. The van der Waals surface area contributed by atoms with Gasteiger partial charge in [-0.3, -0.25) is 9.56 Å². The summed E-state index contributed by atoms with van der Waals surface area (Å²) in [6.45, 7) is 0. The van der Waals surface area contributed by atoms with Crippen molar-refractivity contribution in [1.82, 2.24) is 0 Å². The van der Waals surface area contributed by atoms with Crippen LogP contribution in [-0.2, 0) is 15.8 Å². The lowest BCUT2D eigenvalue weighted by molar-refractivity contribution is -0.886. The Morgan fingerprint density at radius 3 is 2.59 bits per heavy atom. The van der Waals surface area contributed by atoms with Crippen molar-refractivity contribution in [3.8, 4) is 0 Å². The first-order valence-electron chi connectivity index (χ1n) is 8.83. The minimum Gasteiger partial charge on any atom is -0.443 e. The quantitative estimate of drug-likeness (QED) is 0.358. The smallest absolute Gasteiger partial charge is 0.295 e. The molecule has 1 N–H and O–H groups in total. The van der Waals surface area contributed by atoms with E-state index < -0.39 is 10.0 Å². The minimum atomic E-state index is -3.88. The molecule has 0 atom stereocenters. The number of anilines is 1. The van der Waals surface area contributed by atoms with Crippen molar-refractivity contribution < 1.29 is 22.4 Å². The summed E-state index contributed by atoms with van der Waals surface area (Å²) in [5.41, 5.74) is 2.12. The zero-order valence-electron chi connectivity index (χ0n) is 15.6. The van der Waals surface area contributed by atoms with Crippen LogP contribution in [-0.4, -0.2) is 15.5 Å². The average molecular weight is 428 g/mol. The van der Waals surface area contributed by atoms with Crippen molar-refractivity contribution in [3.05, 3.63) is 84.7 Å². The van der Waals surface area contributed by atoms with Crippen LogP contribution in [0.25, 0.3) is 11.0 Å².